The lowest BCUT2D eigenvalue weighted by atomic mass is 10.1. The van der Waals surface area contributed by atoms with Crippen LogP contribution in [-0.2, 0) is 12.7 Å². The minimum absolute atomic E-state index is 0.156. The topological polar surface area (TPSA) is 54.9 Å². The molecule has 0 saturated heterocycles. The van der Waals surface area contributed by atoms with Crippen molar-refractivity contribution < 1.29 is 18.0 Å². The SMILES string of the molecule is Cc1ccc(CNC(=O)c2ccc(C(F)(F)F)cc2)nn1. The van der Waals surface area contributed by atoms with Crippen molar-refractivity contribution in [1.29, 1.82) is 0 Å². The predicted molar refractivity (Wildman–Crippen MR) is 69.4 cm³/mol. The molecule has 7 heteroatoms. The Labute approximate surface area is 119 Å². The zero-order valence-corrected chi connectivity index (χ0v) is 11.1. The van der Waals surface area contributed by atoms with Gasteiger partial charge in [0.25, 0.3) is 5.91 Å². The molecule has 0 aliphatic heterocycles. The highest BCUT2D eigenvalue weighted by atomic mass is 19.4. The fraction of sp³-hybridized carbons (Fsp3) is 0.214. The average Bonchev–Trinajstić information content (AvgIpc) is 2.45. The molecule has 0 spiro atoms. The van der Waals surface area contributed by atoms with Crippen LogP contribution in [0.3, 0.4) is 0 Å². The second kappa shape index (κ2) is 5.90. The second-order valence-corrected chi connectivity index (χ2v) is 4.42. The first-order valence-corrected chi connectivity index (χ1v) is 6.11. The molecular weight excluding hydrogens is 283 g/mol. The number of hydrogen-bond acceptors (Lipinski definition) is 3. The van der Waals surface area contributed by atoms with Crippen LogP contribution in [-0.4, -0.2) is 16.1 Å². The number of hydrogen-bond donors (Lipinski definition) is 1. The molecular formula is C14H12F3N3O. The van der Waals surface area contributed by atoms with Crippen molar-refractivity contribution in [3.8, 4) is 0 Å². The van der Waals surface area contributed by atoms with E-state index in [1.807, 2.05) is 0 Å². The molecule has 0 bridgehead atoms. The Bertz CT molecular complexity index is 621. The third kappa shape index (κ3) is 4.01. The molecule has 2 aromatic rings. The third-order valence-corrected chi connectivity index (χ3v) is 2.76. The molecule has 110 valence electrons. The molecule has 1 heterocycles. The summed E-state index contributed by atoms with van der Waals surface area (Å²) in [5, 5.41) is 10.3. The van der Waals surface area contributed by atoms with Gasteiger partial charge in [-0.3, -0.25) is 4.79 Å². The number of nitrogens with zero attached hydrogens (tertiary/aromatic N) is 2. The summed E-state index contributed by atoms with van der Waals surface area (Å²) in [6, 6.07) is 7.50. The summed E-state index contributed by atoms with van der Waals surface area (Å²) in [6.45, 7) is 1.95. The van der Waals surface area contributed by atoms with E-state index in [0.717, 1.165) is 30.0 Å². The number of amides is 1. The molecule has 4 nitrogen and oxygen atoms in total. The summed E-state index contributed by atoms with van der Waals surface area (Å²) in [5.74, 6) is -0.467. The molecule has 1 N–H and O–H groups in total. The maximum atomic E-state index is 12.4. The van der Waals surface area contributed by atoms with Crippen molar-refractivity contribution in [2.75, 3.05) is 0 Å². The quantitative estimate of drug-likeness (QED) is 0.947. The first kappa shape index (κ1) is 15.0. The molecule has 0 aliphatic rings. The van der Waals surface area contributed by atoms with Crippen LogP contribution < -0.4 is 5.32 Å². The van der Waals surface area contributed by atoms with Crippen molar-refractivity contribution in [3.63, 3.8) is 0 Å². The standard InChI is InChI=1S/C14H12F3N3O/c1-9-2-7-12(20-19-9)8-18-13(21)10-3-5-11(6-4-10)14(15,16)17/h2-7H,8H2,1H3,(H,18,21). The smallest absolute Gasteiger partial charge is 0.346 e. The fourth-order valence-electron chi connectivity index (χ4n) is 1.60. The number of nitrogens with one attached hydrogen (secondary N) is 1. The van der Waals surface area contributed by atoms with E-state index in [0.29, 0.717) is 5.69 Å². The van der Waals surface area contributed by atoms with E-state index in [1.165, 1.54) is 0 Å². The second-order valence-electron chi connectivity index (χ2n) is 4.42. The lowest BCUT2D eigenvalue weighted by molar-refractivity contribution is -0.137. The molecule has 1 aromatic heterocycles. The van der Waals surface area contributed by atoms with Crippen LogP contribution in [0.2, 0.25) is 0 Å². The van der Waals surface area contributed by atoms with Gasteiger partial charge in [0, 0.05) is 5.56 Å². The molecule has 0 fully saturated rings. The van der Waals surface area contributed by atoms with E-state index < -0.39 is 17.6 Å². The number of carbonyl (C=O) groups excluding carboxylic acids is 1. The summed E-state index contributed by atoms with van der Waals surface area (Å²) in [7, 11) is 0. The predicted octanol–water partition coefficient (Wildman–Crippen LogP) is 2.73. The fourth-order valence-corrected chi connectivity index (χ4v) is 1.60. The molecule has 21 heavy (non-hydrogen) atoms. The van der Waals surface area contributed by atoms with Crippen molar-refractivity contribution in [1.82, 2.24) is 15.5 Å². The van der Waals surface area contributed by atoms with Gasteiger partial charge < -0.3 is 5.32 Å². The number of halogens is 3. The van der Waals surface area contributed by atoms with Crippen molar-refractivity contribution in [3.05, 3.63) is 58.9 Å². The van der Waals surface area contributed by atoms with Gasteiger partial charge in [0.05, 0.1) is 23.5 Å². The van der Waals surface area contributed by atoms with E-state index in [4.69, 9.17) is 0 Å². The Morgan fingerprint density at radius 3 is 2.29 bits per heavy atom. The maximum absolute atomic E-state index is 12.4. The van der Waals surface area contributed by atoms with Crippen LogP contribution in [0.5, 0.6) is 0 Å². The number of aromatic nitrogens is 2. The zero-order valence-electron chi connectivity index (χ0n) is 11.1. The molecule has 0 saturated carbocycles. The summed E-state index contributed by atoms with van der Waals surface area (Å²) >= 11 is 0. The number of carbonyl (C=O) groups is 1. The lowest BCUT2D eigenvalue weighted by Gasteiger charge is -2.08. The van der Waals surface area contributed by atoms with Gasteiger partial charge in [-0.15, -0.1) is 0 Å². The maximum Gasteiger partial charge on any atom is 0.416 e. The molecule has 2 rings (SSSR count). The van der Waals surface area contributed by atoms with E-state index >= 15 is 0 Å². The van der Waals surface area contributed by atoms with E-state index in [2.05, 4.69) is 15.5 Å². The van der Waals surface area contributed by atoms with E-state index in [1.54, 1.807) is 19.1 Å². The highest BCUT2D eigenvalue weighted by Gasteiger charge is 2.30. The largest absolute Gasteiger partial charge is 0.416 e. The minimum atomic E-state index is -4.41. The lowest BCUT2D eigenvalue weighted by Crippen LogP contribution is -2.23. The summed E-state index contributed by atoms with van der Waals surface area (Å²) < 4.78 is 37.2. The minimum Gasteiger partial charge on any atom is -0.346 e. The van der Waals surface area contributed by atoms with Gasteiger partial charge in [-0.1, -0.05) is 0 Å². The molecule has 0 unspecified atom stereocenters. The van der Waals surface area contributed by atoms with Gasteiger partial charge in [-0.2, -0.15) is 23.4 Å². The molecule has 0 aliphatic carbocycles. The molecule has 0 atom stereocenters. The summed E-state index contributed by atoms with van der Waals surface area (Å²) in [6.07, 6.45) is -4.41. The summed E-state index contributed by atoms with van der Waals surface area (Å²) in [5.41, 5.74) is 0.695. The Kier molecular flexibility index (Phi) is 4.21. The molecule has 1 aromatic carbocycles. The van der Waals surface area contributed by atoms with E-state index in [9.17, 15) is 18.0 Å². The van der Waals surface area contributed by atoms with Crippen molar-refractivity contribution in [2.24, 2.45) is 0 Å². The van der Waals surface area contributed by atoms with Gasteiger partial charge in [0.2, 0.25) is 0 Å². The Morgan fingerprint density at radius 1 is 1.10 bits per heavy atom. The van der Waals surface area contributed by atoms with E-state index in [-0.39, 0.29) is 12.1 Å². The Balaban J connectivity index is 1.99. The van der Waals surface area contributed by atoms with Crippen molar-refractivity contribution in [2.45, 2.75) is 19.6 Å². The average molecular weight is 295 g/mol. The first-order valence-electron chi connectivity index (χ1n) is 6.11. The summed E-state index contributed by atoms with van der Waals surface area (Å²) in [4.78, 5) is 11.8. The van der Waals surface area contributed by atoms with Gasteiger partial charge >= 0.3 is 6.18 Å². The van der Waals surface area contributed by atoms with Crippen LogP contribution in [0.25, 0.3) is 0 Å². The Hall–Kier alpha value is -2.44. The number of aryl methyl sites for hydroxylation is 1. The normalized spacial score (nSPS) is 11.2. The molecule has 1 amide bonds. The van der Waals surface area contributed by atoms with Gasteiger partial charge in [0.15, 0.2) is 0 Å². The highest BCUT2D eigenvalue weighted by molar-refractivity contribution is 5.94. The highest BCUT2D eigenvalue weighted by Crippen LogP contribution is 2.29. The van der Waals surface area contributed by atoms with Crippen LogP contribution in [0.4, 0.5) is 13.2 Å². The number of benzene rings is 1. The van der Waals surface area contributed by atoms with Crippen LogP contribution in [0, 0.1) is 6.92 Å². The third-order valence-electron chi connectivity index (χ3n) is 2.76. The monoisotopic (exact) mass is 295 g/mol. The Morgan fingerprint density at radius 2 is 1.76 bits per heavy atom. The first-order chi connectivity index (χ1) is 9.86. The van der Waals surface area contributed by atoms with Crippen molar-refractivity contribution >= 4 is 5.91 Å². The van der Waals surface area contributed by atoms with Gasteiger partial charge in [-0.05, 0) is 43.3 Å². The van der Waals surface area contributed by atoms with Crippen LogP contribution in [0.15, 0.2) is 36.4 Å². The van der Waals surface area contributed by atoms with Gasteiger partial charge in [0.1, 0.15) is 0 Å². The zero-order chi connectivity index (χ0) is 15.5. The van der Waals surface area contributed by atoms with Crippen LogP contribution in [0.1, 0.15) is 27.3 Å². The molecule has 0 radical (unpaired) electrons. The number of alkyl halides is 3. The van der Waals surface area contributed by atoms with Gasteiger partial charge in [-0.25, -0.2) is 0 Å². The number of rotatable bonds is 3. The van der Waals surface area contributed by atoms with Crippen LogP contribution >= 0.6 is 0 Å².